The van der Waals surface area contributed by atoms with Crippen LogP contribution in [0.3, 0.4) is 0 Å². The second kappa shape index (κ2) is 9.22. The number of hydrogen-bond acceptors (Lipinski definition) is 4. The van der Waals surface area contributed by atoms with Gasteiger partial charge in [-0.1, -0.05) is 36.4 Å². The first kappa shape index (κ1) is 24.0. The highest BCUT2D eigenvalue weighted by atomic mass is 32.1. The van der Waals surface area contributed by atoms with E-state index < -0.39 is 17.3 Å². The standard InChI is InChI=1S/C27H26F3N3S/c1-17-10-11-24(31-16-17)27(15-20-8-6-5-7-9-20,33-25-32-18(2)19(3)34-25)22-12-21(26(4,29)30)13-23(28)14-22/h5-14,16H,15H2,1-4H3,(H,32,33)/t27-/m0/s1. The van der Waals surface area contributed by atoms with E-state index in [1.54, 1.807) is 6.20 Å². The molecule has 0 aliphatic rings. The molecule has 7 heteroatoms. The molecule has 0 aliphatic carbocycles. The zero-order chi connectivity index (χ0) is 24.5. The summed E-state index contributed by atoms with van der Waals surface area (Å²) in [5, 5.41) is 4.11. The van der Waals surface area contributed by atoms with Gasteiger partial charge in [0.1, 0.15) is 11.4 Å². The van der Waals surface area contributed by atoms with Crippen LogP contribution in [0.25, 0.3) is 0 Å². The molecule has 0 fully saturated rings. The number of aryl methyl sites for hydroxylation is 3. The molecule has 0 saturated heterocycles. The molecule has 4 aromatic rings. The molecule has 4 rings (SSSR count). The molecular formula is C27H26F3N3S. The highest BCUT2D eigenvalue weighted by Crippen LogP contribution is 2.40. The van der Waals surface area contributed by atoms with Gasteiger partial charge in [-0.25, -0.2) is 18.2 Å². The largest absolute Gasteiger partial charge is 0.346 e. The normalized spacial score (nSPS) is 13.5. The predicted octanol–water partition coefficient (Wildman–Crippen LogP) is 7.31. The minimum atomic E-state index is -3.20. The highest BCUT2D eigenvalue weighted by molar-refractivity contribution is 7.15. The van der Waals surface area contributed by atoms with Gasteiger partial charge in [0, 0.05) is 30.0 Å². The number of alkyl halides is 2. The number of aromatic nitrogens is 2. The van der Waals surface area contributed by atoms with Crippen molar-refractivity contribution in [2.75, 3.05) is 5.32 Å². The molecule has 0 saturated carbocycles. The van der Waals surface area contributed by atoms with Gasteiger partial charge < -0.3 is 5.32 Å². The van der Waals surface area contributed by atoms with Crippen LogP contribution in [-0.4, -0.2) is 9.97 Å². The molecule has 0 aliphatic heterocycles. The van der Waals surface area contributed by atoms with Crippen molar-refractivity contribution < 1.29 is 13.2 Å². The minimum Gasteiger partial charge on any atom is -0.346 e. The van der Waals surface area contributed by atoms with Crippen molar-refractivity contribution in [2.24, 2.45) is 0 Å². The fraction of sp³-hybridized carbons (Fsp3) is 0.259. The molecule has 1 atom stereocenters. The maximum atomic E-state index is 14.8. The van der Waals surface area contributed by atoms with Gasteiger partial charge >= 0.3 is 0 Å². The third kappa shape index (κ3) is 4.99. The molecule has 0 spiro atoms. The van der Waals surface area contributed by atoms with Crippen molar-refractivity contribution >= 4 is 16.5 Å². The molecule has 0 bridgehead atoms. The van der Waals surface area contributed by atoms with Gasteiger partial charge in [-0.2, -0.15) is 0 Å². The van der Waals surface area contributed by atoms with E-state index in [9.17, 15) is 13.2 Å². The topological polar surface area (TPSA) is 37.8 Å². The summed E-state index contributed by atoms with van der Waals surface area (Å²) < 4.78 is 43.5. The van der Waals surface area contributed by atoms with E-state index in [-0.39, 0.29) is 5.56 Å². The third-order valence-electron chi connectivity index (χ3n) is 5.91. The first-order chi connectivity index (χ1) is 16.1. The number of nitrogens with one attached hydrogen (secondary N) is 1. The number of halogens is 3. The lowest BCUT2D eigenvalue weighted by Gasteiger charge is -2.36. The Balaban J connectivity index is 2.01. The molecular weight excluding hydrogens is 455 g/mol. The van der Waals surface area contributed by atoms with Crippen LogP contribution in [0.15, 0.2) is 66.9 Å². The number of pyridine rings is 1. The Bertz CT molecular complexity index is 1260. The van der Waals surface area contributed by atoms with E-state index >= 15 is 0 Å². The van der Waals surface area contributed by atoms with E-state index in [4.69, 9.17) is 0 Å². The first-order valence-electron chi connectivity index (χ1n) is 11.0. The smallest absolute Gasteiger partial charge is 0.270 e. The van der Waals surface area contributed by atoms with Crippen molar-refractivity contribution in [3.05, 3.63) is 111 Å². The number of hydrogen-bond donors (Lipinski definition) is 1. The van der Waals surface area contributed by atoms with Crippen LogP contribution in [0.4, 0.5) is 18.3 Å². The minimum absolute atomic E-state index is 0.347. The van der Waals surface area contributed by atoms with Crippen LogP contribution < -0.4 is 5.32 Å². The Kier molecular flexibility index (Phi) is 6.49. The van der Waals surface area contributed by atoms with Crippen molar-refractivity contribution in [3.63, 3.8) is 0 Å². The monoisotopic (exact) mass is 481 g/mol. The molecule has 0 unspecified atom stereocenters. The molecule has 0 radical (unpaired) electrons. The van der Waals surface area contributed by atoms with E-state index in [2.05, 4.69) is 15.3 Å². The molecule has 3 nitrogen and oxygen atoms in total. The summed E-state index contributed by atoms with van der Waals surface area (Å²) in [5.41, 5.74) is 2.18. The van der Waals surface area contributed by atoms with E-state index in [1.165, 1.54) is 23.5 Å². The second-order valence-corrected chi connectivity index (χ2v) is 9.89. The van der Waals surface area contributed by atoms with Crippen LogP contribution in [-0.2, 0) is 17.9 Å². The fourth-order valence-electron chi connectivity index (χ4n) is 3.94. The summed E-state index contributed by atoms with van der Waals surface area (Å²) in [7, 11) is 0. The van der Waals surface area contributed by atoms with Crippen LogP contribution >= 0.6 is 11.3 Å². The van der Waals surface area contributed by atoms with E-state index in [0.29, 0.717) is 22.8 Å². The summed E-state index contributed by atoms with van der Waals surface area (Å²) in [6, 6.07) is 17.0. The lowest BCUT2D eigenvalue weighted by Crippen LogP contribution is -2.40. The van der Waals surface area contributed by atoms with E-state index in [1.807, 2.05) is 63.2 Å². The number of thiazole rings is 1. The van der Waals surface area contributed by atoms with E-state index in [0.717, 1.165) is 34.7 Å². The summed E-state index contributed by atoms with van der Waals surface area (Å²) in [6.45, 7) is 6.58. The Morgan fingerprint density at radius 2 is 1.65 bits per heavy atom. The molecule has 2 aromatic carbocycles. The Morgan fingerprint density at radius 3 is 2.24 bits per heavy atom. The maximum Gasteiger partial charge on any atom is 0.270 e. The Morgan fingerprint density at radius 1 is 0.941 bits per heavy atom. The quantitative estimate of drug-likeness (QED) is 0.301. The summed E-state index contributed by atoms with van der Waals surface area (Å²) in [5.74, 6) is -3.93. The number of rotatable bonds is 7. The summed E-state index contributed by atoms with van der Waals surface area (Å²) in [6.07, 6.45) is 2.07. The average Bonchev–Trinajstić information content (AvgIpc) is 3.10. The van der Waals surface area contributed by atoms with Crippen molar-refractivity contribution in [3.8, 4) is 0 Å². The Hall–Kier alpha value is -3.19. The molecule has 1 N–H and O–H groups in total. The number of benzene rings is 2. The second-order valence-electron chi connectivity index (χ2n) is 8.69. The van der Waals surface area contributed by atoms with Gasteiger partial charge in [0.15, 0.2) is 5.13 Å². The van der Waals surface area contributed by atoms with Crippen LogP contribution in [0.1, 0.15) is 45.4 Å². The molecule has 2 aromatic heterocycles. The van der Waals surface area contributed by atoms with Gasteiger partial charge in [-0.3, -0.25) is 4.98 Å². The first-order valence-corrected chi connectivity index (χ1v) is 11.8. The summed E-state index contributed by atoms with van der Waals surface area (Å²) in [4.78, 5) is 10.3. The number of nitrogens with zero attached hydrogens (tertiary/aromatic N) is 2. The van der Waals surface area contributed by atoms with Gasteiger partial charge in [-0.05, 0) is 61.7 Å². The van der Waals surface area contributed by atoms with Crippen LogP contribution in [0.5, 0.6) is 0 Å². The van der Waals surface area contributed by atoms with Gasteiger partial charge in [0.25, 0.3) is 5.92 Å². The fourth-order valence-corrected chi connectivity index (χ4v) is 4.83. The van der Waals surface area contributed by atoms with Crippen LogP contribution in [0.2, 0.25) is 0 Å². The van der Waals surface area contributed by atoms with Gasteiger partial charge in [-0.15, -0.1) is 11.3 Å². The lowest BCUT2D eigenvalue weighted by molar-refractivity contribution is 0.0170. The average molecular weight is 482 g/mol. The van der Waals surface area contributed by atoms with Gasteiger partial charge in [0.05, 0.1) is 11.4 Å². The zero-order valence-corrected chi connectivity index (χ0v) is 20.3. The maximum absolute atomic E-state index is 14.8. The van der Waals surface area contributed by atoms with Crippen molar-refractivity contribution in [1.29, 1.82) is 0 Å². The van der Waals surface area contributed by atoms with Crippen molar-refractivity contribution in [2.45, 2.75) is 45.6 Å². The Labute approximate surface area is 201 Å². The predicted molar refractivity (Wildman–Crippen MR) is 131 cm³/mol. The highest BCUT2D eigenvalue weighted by Gasteiger charge is 2.39. The van der Waals surface area contributed by atoms with Gasteiger partial charge in [0.2, 0.25) is 0 Å². The zero-order valence-electron chi connectivity index (χ0n) is 19.5. The molecule has 176 valence electrons. The van der Waals surface area contributed by atoms with Crippen molar-refractivity contribution in [1.82, 2.24) is 9.97 Å². The molecule has 34 heavy (non-hydrogen) atoms. The van der Waals surface area contributed by atoms with Crippen LogP contribution in [0, 0.1) is 26.6 Å². The summed E-state index contributed by atoms with van der Waals surface area (Å²) >= 11 is 1.47. The number of anilines is 1. The third-order valence-corrected chi connectivity index (χ3v) is 6.90. The SMILES string of the molecule is Cc1ccc([C@@](Cc2ccccc2)(Nc2nc(C)c(C)s2)c2cc(F)cc(C(C)(F)F)c2)nc1. The molecule has 0 amide bonds. The lowest BCUT2D eigenvalue weighted by atomic mass is 9.79. The molecule has 2 heterocycles.